The van der Waals surface area contributed by atoms with Gasteiger partial charge >= 0.3 is 5.97 Å². The van der Waals surface area contributed by atoms with E-state index in [0.717, 1.165) is 0 Å². The molecule has 0 radical (unpaired) electrons. The van der Waals surface area contributed by atoms with Gasteiger partial charge in [0, 0.05) is 12.1 Å². The molecule has 1 aromatic rings. The Morgan fingerprint density at radius 2 is 1.84 bits per heavy atom. The lowest BCUT2D eigenvalue weighted by atomic mass is 10.2. The fourth-order valence-corrected chi connectivity index (χ4v) is 1.22. The average Bonchev–Trinajstić information content (AvgIpc) is 2.36. The maximum absolute atomic E-state index is 11.3. The number of benzene rings is 1. The lowest BCUT2D eigenvalue weighted by Crippen LogP contribution is -2.30. The minimum absolute atomic E-state index is 0.0537. The SMILES string of the molecule is NC(=O)c1ccc(OCC(=O)NCCC(=O)O)cc1. The molecule has 0 atom stereocenters. The number of carboxylic acid groups (broad SMARTS) is 1. The van der Waals surface area contributed by atoms with Crippen molar-refractivity contribution in [1.29, 1.82) is 0 Å². The van der Waals surface area contributed by atoms with E-state index < -0.39 is 17.8 Å². The Bertz CT molecular complexity index is 470. The number of hydrogen-bond donors (Lipinski definition) is 3. The smallest absolute Gasteiger partial charge is 0.305 e. The molecule has 0 fully saturated rings. The van der Waals surface area contributed by atoms with Gasteiger partial charge in [0.2, 0.25) is 5.91 Å². The van der Waals surface area contributed by atoms with E-state index >= 15 is 0 Å². The van der Waals surface area contributed by atoms with Crippen molar-refractivity contribution in [3.05, 3.63) is 29.8 Å². The van der Waals surface area contributed by atoms with E-state index in [2.05, 4.69) is 5.32 Å². The molecule has 0 saturated heterocycles. The lowest BCUT2D eigenvalue weighted by molar-refractivity contribution is -0.137. The van der Waals surface area contributed by atoms with Gasteiger partial charge in [-0.15, -0.1) is 0 Å². The monoisotopic (exact) mass is 266 g/mol. The predicted octanol–water partition coefficient (Wildman–Crippen LogP) is -0.245. The molecule has 0 heterocycles. The molecular weight excluding hydrogens is 252 g/mol. The van der Waals surface area contributed by atoms with E-state index in [-0.39, 0.29) is 19.6 Å². The number of carboxylic acids is 1. The number of hydrogen-bond acceptors (Lipinski definition) is 4. The molecule has 0 aliphatic carbocycles. The summed E-state index contributed by atoms with van der Waals surface area (Å²) in [5, 5.41) is 10.8. The zero-order valence-electron chi connectivity index (χ0n) is 10.1. The van der Waals surface area contributed by atoms with Gasteiger partial charge in [0.15, 0.2) is 6.61 Å². The Kier molecular flexibility index (Phi) is 5.34. The van der Waals surface area contributed by atoms with Crippen LogP contribution in [-0.4, -0.2) is 36.0 Å². The molecule has 19 heavy (non-hydrogen) atoms. The van der Waals surface area contributed by atoms with Crippen LogP contribution in [0.2, 0.25) is 0 Å². The highest BCUT2D eigenvalue weighted by Gasteiger charge is 2.05. The van der Waals surface area contributed by atoms with Crippen LogP contribution in [0.5, 0.6) is 5.75 Å². The summed E-state index contributed by atoms with van der Waals surface area (Å²) in [6, 6.07) is 6.01. The van der Waals surface area contributed by atoms with Crippen LogP contribution in [-0.2, 0) is 9.59 Å². The minimum atomic E-state index is -0.983. The summed E-state index contributed by atoms with van der Waals surface area (Å²) >= 11 is 0. The van der Waals surface area contributed by atoms with Gasteiger partial charge in [-0.1, -0.05) is 0 Å². The van der Waals surface area contributed by atoms with Crippen molar-refractivity contribution < 1.29 is 24.2 Å². The van der Waals surface area contributed by atoms with Crippen LogP contribution < -0.4 is 15.8 Å². The van der Waals surface area contributed by atoms with Crippen molar-refractivity contribution in [1.82, 2.24) is 5.32 Å². The number of nitrogens with two attached hydrogens (primary N) is 1. The average molecular weight is 266 g/mol. The maximum Gasteiger partial charge on any atom is 0.305 e. The van der Waals surface area contributed by atoms with Gasteiger partial charge in [-0.25, -0.2) is 0 Å². The second-order valence-corrected chi connectivity index (χ2v) is 3.67. The summed E-state index contributed by atoms with van der Waals surface area (Å²) in [5.41, 5.74) is 5.42. The number of ether oxygens (including phenoxy) is 1. The Morgan fingerprint density at radius 1 is 1.21 bits per heavy atom. The van der Waals surface area contributed by atoms with Crippen LogP contribution in [0, 0.1) is 0 Å². The summed E-state index contributed by atoms with van der Waals surface area (Å²) in [6.07, 6.45) is -0.140. The van der Waals surface area contributed by atoms with Gasteiger partial charge in [0.1, 0.15) is 5.75 Å². The quantitative estimate of drug-likeness (QED) is 0.629. The Hall–Kier alpha value is -2.57. The third-order valence-electron chi connectivity index (χ3n) is 2.17. The highest BCUT2D eigenvalue weighted by Crippen LogP contribution is 2.11. The minimum Gasteiger partial charge on any atom is -0.484 e. The van der Waals surface area contributed by atoms with Crippen LogP contribution in [0.4, 0.5) is 0 Å². The molecule has 7 heteroatoms. The van der Waals surface area contributed by atoms with Crippen molar-refractivity contribution in [2.45, 2.75) is 6.42 Å². The molecule has 1 aromatic carbocycles. The first-order chi connectivity index (χ1) is 8.99. The van der Waals surface area contributed by atoms with Crippen molar-refractivity contribution in [2.24, 2.45) is 5.73 Å². The second kappa shape index (κ2) is 7.00. The highest BCUT2D eigenvalue weighted by atomic mass is 16.5. The van der Waals surface area contributed by atoms with Crippen LogP contribution in [0.15, 0.2) is 24.3 Å². The molecule has 2 amide bonds. The maximum atomic E-state index is 11.3. The number of carbonyl (C=O) groups is 3. The molecule has 0 aliphatic rings. The fraction of sp³-hybridized carbons (Fsp3) is 0.250. The van der Waals surface area contributed by atoms with E-state index in [1.54, 1.807) is 0 Å². The number of carbonyl (C=O) groups excluding carboxylic acids is 2. The van der Waals surface area contributed by atoms with Crippen LogP contribution in [0.25, 0.3) is 0 Å². The molecule has 7 nitrogen and oxygen atoms in total. The Labute approximate surface area is 109 Å². The molecular formula is C12H14N2O5. The Morgan fingerprint density at radius 3 is 2.37 bits per heavy atom. The largest absolute Gasteiger partial charge is 0.484 e. The number of amides is 2. The van der Waals surface area contributed by atoms with Crippen molar-refractivity contribution >= 4 is 17.8 Å². The molecule has 0 bridgehead atoms. The van der Waals surface area contributed by atoms with Crippen LogP contribution in [0.3, 0.4) is 0 Å². The van der Waals surface area contributed by atoms with Crippen LogP contribution in [0.1, 0.15) is 16.8 Å². The van der Waals surface area contributed by atoms with Crippen molar-refractivity contribution in [3.63, 3.8) is 0 Å². The fourth-order valence-electron chi connectivity index (χ4n) is 1.22. The van der Waals surface area contributed by atoms with E-state index in [9.17, 15) is 14.4 Å². The first-order valence-electron chi connectivity index (χ1n) is 5.50. The molecule has 0 aliphatic heterocycles. The van der Waals surface area contributed by atoms with Crippen molar-refractivity contribution in [3.8, 4) is 5.75 Å². The van der Waals surface area contributed by atoms with Crippen molar-refractivity contribution in [2.75, 3.05) is 13.2 Å². The number of aliphatic carboxylic acids is 1. The summed E-state index contributed by atoms with van der Waals surface area (Å²) in [6.45, 7) is -0.173. The van der Waals surface area contributed by atoms with Gasteiger partial charge in [-0.2, -0.15) is 0 Å². The third-order valence-corrected chi connectivity index (χ3v) is 2.17. The third kappa shape index (κ3) is 5.53. The topological polar surface area (TPSA) is 119 Å². The molecule has 102 valence electrons. The number of rotatable bonds is 7. The van der Waals surface area contributed by atoms with E-state index in [1.807, 2.05) is 0 Å². The van der Waals surface area contributed by atoms with Gasteiger partial charge in [0.25, 0.3) is 5.91 Å². The lowest BCUT2D eigenvalue weighted by Gasteiger charge is -2.06. The zero-order chi connectivity index (χ0) is 14.3. The summed E-state index contributed by atoms with van der Waals surface area (Å²) in [4.78, 5) is 32.3. The van der Waals surface area contributed by atoms with Gasteiger partial charge < -0.3 is 20.9 Å². The first-order valence-corrected chi connectivity index (χ1v) is 5.50. The molecule has 0 spiro atoms. The van der Waals surface area contributed by atoms with Gasteiger partial charge in [0.05, 0.1) is 6.42 Å². The predicted molar refractivity (Wildman–Crippen MR) is 65.7 cm³/mol. The van der Waals surface area contributed by atoms with Gasteiger partial charge in [-0.3, -0.25) is 14.4 Å². The van der Waals surface area contributed by atoms with Gasteiger partial charge in [-0.05, 0) is 24.3 Å². The number of nitrogens with one attached hydrogen (secondary N) is 1. The molecule has 0 unspecified atom stereocenters. The zero-order valence-corrected chi connectivity index (χ0v) is 10.1. The molecule has 0 aromatic heterocycles. The highest BCUT2D eigenvalue weighted by molar-refractivity contribution is 5.92. The van der Waals surface area contributed by atoms with Crippen LogP contribution >= 0.6 is 0 Å². The summed E-state index contributed by atoms with van der Waals surface area (Å²) in [5.74, 6) is -1.53. The Balaban J connectivity index is 2.33. The molecule has 1 rings (SSSR count). The second-order valence-electron chi connectivity index (χ2n) is 3.67. The summed E-state index contributed by atoms with van der Waals surface area (Å²) < 4.78 is 5.15. The standard InChI is InChI=1S/C12H14N2O5/c13-12(18)8-1-3-9(4-2-8)19-7-10(15)14-6-5-11(16)17/h1-4H,5-7H2,(H2,13,18)(H,14,15)(H,16,17). The van der Waals surface area contributed by atoms with E-state index in [4.69, 9.17) is 15.6 Å². The summed E-state index contributed by atoms with van der Waals surface area (Å²) in [7, 11) is 0. The number of primary amides is 1. The molecule has 0 saturated carbocycles. The first kappa shape index (κ1) is 14.5. The normalized spacial score (nSPS) is 9.68. The molecule has 4 N–H and O–H groups in total. The van der Waals surface area contributed by atoms with E-state index in [1.165, 1.54) is 24.3 Å². The van der Waals surface area contributed by atoms with E-state index in [0.29, 0.717) is 11.3 Å².